The van der Waals surface area contributed by atoms with Crippen molar-refractivity contribution in [2.45, 2.75) is 44.6 Å². The Morgan fingerprint density at radius 1 is 1.14 bits per heavy atom. The molecule has 218 valence electrons. The summed E-state index contributed by atoms with van der Waals surface area (Å²) in [6, 6.07) is 11.8. The summed E-state index contributed by atoms with van der Waals surface area (Å²) in [6.07, 6.45) is 3.93. The molecule has 1 unspecified atom stereocenters. The van der Waals surface area contributed by atoms with E-state index in [2.05, 4.69) is 32.5 Å². The lowest BCUT2D eigenvalue weighted by Gasteiger charge is -2.44. The van der Waals surface area contributed by atoms with Crippen LogP contribution < -0.4 is 16.0 Å². The fourth-order valence-corrected chi connectivity index (χ4v) is 5.39. The van der Waals surface area contributed by atoms with E-state index < -0.39 is 16.9 Å². The second-order valence-electron chi connectivity index (χ2n) is 11.6. The summed E-state index contributed by atoms with van der Waals surface area (Å²) in [7, 11) is 0. The van der Waals surface area contributed by atoms with Gasteiger partial charge < -0.3 is 30.6 Å². The standard InChI is InChI=1S/C31H34N6O5/c1-5-25(38)34-21-9-6-8-20(14-21)27(39)36-24-15-19(10-12-32-24)23-16-22-26(35-23)31(17-33-28(22)40)11-7-13-37(18-31)29(41)42-30(2,3)4/h5-6,8-10,12,14-16,35H,1,7,11,13,17-18H2,2-4H3,(H,33,40)(H,34,38)(H,32,36,39). The molecule has 2 aromatic heterocycles. The number of pyridine rings is 1. The summed E-state index contributed by atoms with van der Waals surface area (Å²) < 4.78 is 5.63. The quantitative estimate of drug-likeness (QED) is 0.333. The van der Waals surface area contributed by atoms with E-state index in [0.717, 1.165) is 30.2 Å². The molecule has 4 heterocycles. The number of carbonyl (C=O) groups excluding carboxylic acids is 4. The summed E-state index contributed by atoms with van der Waals surface area (Å²) in [4.78, 5) is 59.8. The van der Waals surface area contributed by atoms with Crippen molar-refractivity contribution in [1.29, 1.82) is 0 Å². The van der Waals surface area contributed by atoms with Crippen LogP contribution in [0.3, 0.4) is 0 Å². The molecule has 0 radical (unpaired) electrons. The highest BCUT2D eigenvalue weighted by Crippen LogP contribution is 2.40. The van der Waals surface area contributed by atoms with Crippen LogP contribution in [0.5, 0.6) is 0 Å². The van der Waals surface area contributed by atoms with Crippen molar-refractivity contribution >= 4 is 35.3 Å². The Balaban J connectivity index is 1.38. The van der Waals surface area contributed by atoms with Crippen molar-refractivity contribution in [3.05, 3.63) is 78.1 Å². The highest BCUT2D eigenvalue weighted by atomic mass is 16.6. The van der Waals surface area contributed by atoms with Gasteiger partial charge in [-0.05, 0) is 76.1 Å². The van der Waals surface area contributed by atoms with Crippen LogP contribution in [-0.2, 0) is 14.9 Å². The maximum absolute atomic E-state index is 13.0. The number of ether oxygens (including phenoxy) is 1. The van der Waals surface area contributed by atoms with Crippen LogP contribution in [-0.4, -0.2) is 63.9 Å². The van der Waals surface area contributed by atoms with Gasteiger partial charge in [0.15, 0.2) is 0 Å². The van der Waals surface area contributed by atoms with Crippen molar-refractivity contribution in [3.8, 4) is 11.3 Å². The monoisotopic (exact) mass is 570 g/mol. The minimum absolute atomic E-state index is 0.182. The average molecular weight is 571 g/mol. The van der Waals surface area contributed by atoms with Gasteiger partial charge in [0.1, 0.15) is 11.4 Å². The van der Waals surface area contributed by atoms with Crippen LogP contribution in [0.1, 0.15) is 60.0 Å². The summed E-state index contributed by atoms with van der Waals surface area (Å²) in [5, 5.41) is 8.43. The first-order valence-corrected chi connectivity index (χ1v) is 13.8. The number of amides is 4. The number of H-pyrrole nitrogens is 1. The van der Waals surface area contributed by atoms with Crippen molar-refractivity contribution in [2.24, 2.45) is 0 Å². The number of fused-ring (bicyclic) bond motifs is 2. The van der Waals surface area contributed by atoms with E-state index in [0.29, 0.717) is 48.0 Å². The van der Waals surface area contributed by atoms with E-state index in [1.807, 2.05) is 20.8 Å². The van der Waals surface area contributed by atoms with E-state index in [-0.39, 0.29) is 17.9 Å². The molecule has 5 rings (SSSR count). The van der Waals surface area contributed by atoms with E-state index >= 15 is 0 Å². The van der Waals surface area contributed by atoms with Gasteiger partial charge in [0.05, 0.1) is 5.56 Å². The molecule has 4 N–H and O–H groups in total. The Morgan fingerprint density at radius 3 is 2.71 bits per heavy atom. The Kier molecular flexibility index (Phi) is 7.59. The van der Waals surface area contributed by atoms with Crippen LogP contribution >= 0.6 is 0 Å². The third kappa shape index (κ3) is 6.04. The number of benzene rings is 1. The number of hydrogen-bond acceptors (Lipinski definition) is 6. The molecule has 2 aliphatic rings. The summed E-state index contributed by atoms with van der Waals surface area (Å²) >= 11 is 0. The topological polar surface area (TPSA) is 146 Å². The van der Waals surface area contributed by atoms with E-state index in [4.69, 9.17) is 4.74 Å². The molecule has 0 bridgehead atoms. The molecule has 0 aliphatic carbocycles. The van der Waals surface area contributed by atoms with Crippen molar-refractivity contribution in [3.63, 3.8) is 0 Å². The molecule has 3 aromatic rings. The normalized spacial score (nSPS) is 18.1. The number of piperidine rings is 1. The van der Waals surface area contributed by atoms with Gasteiger partial charge in [0.25, 0.3) is 11.8 Å². The Morgan fingerprint density at radius 2 is 1.95 bits per heavy atom. The SMILES string of the molecule is C=CC(=O)Nc1cccc(C(=O)Nc2cc(-c3cc4c([nH]3)C3(CCCN(C(=O)OC(C)(C)C)C3)CNC4=O)ccn2)c1. The van der Waals surface area contributed by atoms with Gasteiger partial charge in [-0.1, -0.05) is 12.6 Å². The zero-order chi connectivity index (χ0) is 30.1. The largest absolute Gasteiger partial charge is 0.444 e. The molecule has 4 amide bonds. The smallest absolute Gasteiger partial charge is 0.410 e. The van der Waals surface area contributed by atoms with E-state index in [1.54, 1.807) is 53.6 Å². The zero-order valence-electron chi connectivity index (χ0n) is 23.9. The molecular formula is C31H34N6O5. The maximum Gasteiger partial charge on any atom is 0.410 e. The molecule has 11 nitrogen and oxygen atoms in total. The summed E-state index contributed by atoms with van der Waals surface area (Å²) in [6.45, 7) is 10.4. The highest BCUT2D eigenvalue weighted by molar-refractivity contribution is 6.06. The lowest BCUT2D eigenvalue weighted by atomic mass is 9.74. The predicted molar refractivity (Wildman–Crippen MR) is 158 cm³/mol. The molecule has 0 saturated carbocycles. The van der Waals surface area contributed by atoms with Crippen LogP contribution in [0.4, 0.5) is 16.3 Å². The van der Waals surface area contributed by atoms with E-state index in [1.165, 1.54) is 0 Å². The molecular weight excluding hydrogens is 536 g/mol. The third-order valence-corrected chi connectivity index (χ3v) is 7.30. The lowest BCUT2D eigenvalue weighted by molar-refractivity contribution is -0.111. The highest BCUT2D eigenvalue weighted by Gasteiger charge is 2.46. The minimum Gasteiger partial charge on any atom is -0.444 e. The van der Waals surface area contributed by atoms with Crippen LogP contribution in [0.25, 0.3) is 11.3 Å². The van der Waals surface area contributed by atoms with Gasteiger partial charge in [-0.2, -0.15) is 0 Å². The first kappa shape index (κ1) is 28.6. The molecule has 1 aromatic carbocycles. The fraction of sp³-hybridized carbons (Fsp3) is 0.323. The first-order chi connectivity index (χ1) is 20.0. The molecule has 11 heteroatoms. The van der Waals surface area contributed by atoms with Crippen LogP contribution in [0.2, 0.25) is 0 Å². The number of aromatic nitrogens is 2. The molecule has 42 heavy (non-hydrogen) atoms. The van der Waals surface area contributed by atoms with Crippen molar-refractivity contribution in [1.82, 2.24) is 20.2 Å². The molecule has 1 atom stereocenters. The van der Waals surface area contributed by atoms with Crippen molar-refractivity contribution in [2.75, 3.05) is 30.3 Å². The Bertz CT molecular complexity index is 1570. The Labute approximate surface area is 243 Å². The lowest BCUT2D eigenvalue weighted by Crippen LogP contribution is -2.57. The van der Waals surface area contributed by atoms with Gasteiger partial charge in [0, 0.05) is 59.4 Å². The van der Waals surface area contributed by atoms with Gasteiger partial charge in [-0.3, -0.25) is 14.4 Å². The molecule has 2 aliphatic heterocycles. The third-order valence-electron chi connectivity index (χ3n) is 7.30. The number of hydrogen-bond donors (Lipinski definition) is 4. The number of rotatable bonds is 5. The van der Waals surface area contributed by atoms with Gasteiger partial charge in [-0.15, -0.1) is 0 Å². The van der Waals surface area contributed by atoms with Gasteiger partial charge >= 0.3 is 6.09 Å². The summed E-state index contributed by atoms with van der Waals surface area (Å²) in [5.74, 6) is -0.642. The first-order valence-electron chi connectivity index (χ1n) is 13.8. The second kappa shape index (κ2) is 11.2. The number of nitrogens with one attached hydrogen (secondary N) is 4. The maximum atomic E-state index is 13.0. The minimum atomic E-state index is -0.605. The zero-order valence-corrected chi connectivity index (χ0v) is 23.9. The van der Waals surface area contributed by atoms with Gasteiger partial charge in [-0.25, -0.2) is 9.78 Å². The number of likely N-dealkylation sites (tertiary alicyclic amines) is 1. The fourth-order valence-electron chi connectivity index (χ4n) is 5.39. The van der Waals surface area contributed by atoms with Crippen molar-refractivity contribution < 1.29 is 23.9 Å². The number of aromatic amines is 1. The summed E-state index contributed by atoms with van der Waals surface area (Å²) in [5.41, 5.74) is 2.45. The number of carbonyl (C=O) groups is 4. The predicted octanol–water partition coefficient (Wildman–Crippen LogP) is 4.47. The molecule has 1 fully saturated rings. The molecule has 1 spiro atoms. The van der Waals surface area contributed by atoms with Gasteiger partial charge in [0.2, 0.25) is 5.91 Å². The number of anilines is 2. The number of nitrogens with zero attached hydrogens (tertiary/aromatic N) is 2. The van der Waals surface area contributed by atoms with Crippen LogP contribution in [0, 0.1) is 0 Å². The second-order valence-corrected chi connectivity index (χ2v) is 11.6. The molecule has 1 saturated heterocycles. The van der Waals surface area contributed by atoms with Crippen LogP contribution in [0.15, 0.2) is 61.3 Å². The average Bonchev–Trinajstić information content (AvgIpc) is 3.42. The Hall–Kier alpha value is -4.93. The van der Waals surface area contributed by atoms with E-state index in [9.17, 15) is 19.2 Å².